The smallest absolute Gasteiger partial charge is 0.137 e. The quantitative estimate of drug-likeness (QED) is 0.177. The van der Waals surface area contributed by atoms with Gasteiger partial charge in [-0.15, -0.1) is 0 Å². The first kappa shape index (κ1) is 36.3. The van der Waals surface area contributed by atoms with Crippen LogP contribution in [0.5, 0.6) is 11.5 Å². The molecular formula is C62H37NO2S. The molecule has 1 aromatic heterocycles. The van der Waals surface area contributed by atoms with Crippen LogP contribution in [0, 0.1) is 0 Å². The summed E-state index contributed by atoms with van der Waals surface area (Å²) < 4.78 is 13.3. The molecule has 0 bridgehead atoms. The molecule has 4 heteroatoms. The Morgan fingerprint density at radius 1 is 0.364 bits per heavy atom. The number of benzene rings is 10. The van der Waals surface area contributed by atoms with E-state index in [4.69, 9.17) is 9.15 Å². The predicted molar refractivity (Wildman–Crippen MR) is 267 cm³/mol. The van der Waals surface area contributed by atoms with Crippen LogP contribution in [0.1, 0.15) is 44.5 Å². The summed E-state index contributed by atoms with van der Waals surface area (Å²) in [6.07, 6.45) is 0. The van der Waals surface area contributed by atoms with E-state index in [1.807, 2.05) is 11.8 Å². The molecule has 3 nitrogen and oxygen atoms in total. The van der Waals surface area contributed by atoms with Crippen molar-refractivity contribution < 1.29 is 9.15 Å². The van der Waals surface area contributed by atoms with Gasteiger partial charge in [-0.1, -0.05) is 176 Å². The van der Waals surface area contributed by atoms with Crippen LogP contribution in [0.4, 0.5) is 17.1 Å². The molecule has 0 radical (unpaired) electrons. The fraction of sp³-hybridized carbons (Fsp3) is 0.0323. The first-order valence-corrected chi connectivity index (χ1v) is 23.5. The Balaban J connectivity index is 1.05. The highest BCUT2D eigenvalue weighted by atomic mass is 32.2. The summed E-state index contributed by atoms with van der Waals surface area (Å²) in [4.78, 5) is 5.10. The van der Waals surface area contributed by atoms with Crippen LogP contribution >= 0.6 is 11.8 Å². The maximum Gasteiger partial charge on any atom is 0.137 e. The zero-order chi connectivity index (χ0) is 43.1. The van der Waals surface area contributed by atoms with Gasteiger partial charge >= 0.3 is 0 Å². The maximum absolute atomic E-state index is 6.68. The maximum atomic E-state index is 6.68. The van der Waals surface area contributed by atoms with Gasteiger partial charge in [0.05, 0.1) is 27.6 Å². The van der Waals surface area contributed by atoms with E-state index in [2.05, 4.69) is 229 Å². The molecule has 0 atom stereocenters. The highest BCUT2D eigenvalue weighted by Gasteiger charge is 2.53. The van der Waals surface area contributed by atoms with Gasteiger partial charge in [0.2, 0.25) is 0 Å². The molecule has 2 aliphatic heterocycles. The van der Waals surface area contributed by atoms with E-state index in [9.17, 15) is 0 Å². The van der Waals surface area contributed by atoms with Gasteiger partial charge < -0.3 is 14.1 Å². The molecule has 2 spiro atoms. The molecule has 10 aromatic carbocycles. The Bertz CT molecular complexity index is 3790. The first-order valence-electron chi connectivity index (χ1n) is 22.7. The molecule has 66 heavy (non-hydrogen) atoms. The second-order valence-electron chi connectivity index (χ2n) is 17.8. The van der Waals surface area contributed by atoms with Crippen molar-refractivity contribution in [1.82, 2.24) is 0 Å². The summed E-state index contributed by atoms with van der Waals surface area (Å²) in [5, 5.41) is 2.17. The summed E-state index contributed by atoms with van der Waals surface area (Å²) in [6, 6.07) is 82.5. The molecule has 3 heterocycles. The van der Waals surface area contributed by atoms with Crippen LogP contribution in [0.2, 0.25) is 0 Å². The van der Waals surface area contributed by atoms with Crippen molar-refractivity contribution in [2.75, 3.05) is 4.90 Å². The highest BCUT2D eigenvalue weighted by molar-refractivity contribution is 7.99. The Labute approximate surface area is 386 Å². The largest absolute Gasteiger partial charge is 0.457 e. The molecule has 2 aliphatic carbocycles. The highest BCUT2D eigenvalue weighted by Crippen LogP contribution is 2.66. The van der Waals surface area contributed by atoms with E-state index in [0.29, 0.717) is 0 Å². The number of ether oxygens (including phenoxy) is 1. The van der Waals surface area contributed by atoms with E-state index < -0.39 is 10.8 Å². The van der Waals surface area contributed by atoms with Gasteiger partial charge in [0.1, 0.15) is 22.7 Å². The third kappa shape index (κ3) is 4.49. The lowest BCUT2D eigenvalue weighted by Gasteiger charge is -2.40. The van der Waals surface area contributed by atoms with Crippen LogP contribution in [0.25, 0.3) is 44.2 Å². The fourth-order valence-electron chi connectivity index (χ4n) is 12.4. The van der Waals surface area contributed by atoms with E-state index >= 15 is 0 Å². The predicted octanol–water partition coefficient (Wildman–Crippen LogP) is 16.4. The van der Waals surface area contributed by atoms with Crippen molar-refractivity contribution >= 4 is 50.8 Å². The van der Waals surface area contributed by atoms with Gasteiger partial charge in [-0.25, -0.2) is 0 Å². The SMILES string of the molecule is c1ccc2c(c1)Oc1ccccc1C21c2ccccc2-c2cc(N(c3cccc4c3-c3ccccc3C43c4ccccc4Sc4ccccc43)c3cccc4oc5ccccc5c34)ccc21. The summed E-state index contributed by atoms with van der Waals surface area (Å²) in [5.74, 6) is 1.78. The minimum atomic E-state index is -0.569. The number of rotatable bonds is 3. The number of anilines is 3. The minimum Gasteiger partial charge on any atom is -0.457 e. The lowest BCUT2D eigenvalue weighted by Crippen LogP contribution is -2.32. The first-order chi connectivity index (χ1) is 32.7. The standard InChI is InChI=1S/C62H37NO2S/c1-4-20-43-39(17-1)42-37-38(35-36-45(42)61(43)46-22-6-11-30-54(46)65-55-31-12-7-23-47(55)61)63(52-28-16-32-56-60(52)41-19-3-10-29-53(41)64-56)51-27-15-26-50-59(51)40-18-2-5-21-44(40)62(50)48-24-8-13-33-57(48)66-58-34-14-9-25-49(58)62/h1-37H. The van der Waals surface area contributed by atoms with Gasteiger partial charge in [-0.05, 0) is 111 Å². The van der Waals surface area contributed by atoms with Crippen molar-refractivity contribution in [3.05, 3.63) is 269 Å². The summed E-state index contributed by atoms with van der Waals surface area (Å²) in [6.45, 7) is 0. The lowest BCUT2D eigenvalue weighted by atomic mass is 9.66. The average molecular weight is 860 g/mol. The van der Waals surface area contributed by atoms with Crippen LogP contribution in [0.3, 0.4) is 0 Å². The van der Waals surface area contributed by atoms with E-state index in [1.165, 1.54) is 65.4 Å². The molecule has 0 saturated heterocycles. The van der Waals surface area contributed by atoms with Crippen LogP contribution in [-0.2, 0) is 10.8 Å². The third-order valence-corrected chi connectivity index (χ3v) is 16.0. The zero-order valence-corrected chi connectivity index (χ0v) is 36.4. The average Bonchev–Trinajstić information content (AvgIpc) is 4.00. The van der Waals surface area contributed by atoms with E-state index in [1.54, 1.807) is 0 Å². The second-order valence-corrected chi connectivity index (χ2v) is 18.9. The molecule has 0 saturated carbocycles. The topological polar surface area (TPSA) is 25.6 Å². The molecule has 0 unspecified atom stereocenters. The van der Waals surface area contributed by atoms with E-state index in [0.717, 1.165) is 61.6 Å². The lowest BCUT2D eigenvalue weighted by molar-refractivity contribution is 0.436. The van der Waals surface area contributed by atoms with Crippen molar-refractivity contribution in [1.29, 1.82) is 0 Å². The van der Waals surface area contributed by atoms with Gasteiger partial charge in [-0.3, -0.25) is 0 Å². The molecule has 15 rings (SSSR count). The Morgan fingerprint density at radius 3 is 1.62 bits per heavy atom. The van der Waals surface area contributed by atoms with Crippen molar-refractivity contribution in [3.63, 3.8) is 0 Å². The molecule has 11 aromatic rings. The van der Waals surface area contributed by atoms with Crippen molar-refractivity contribution in [2.45, 2.75) is 20.6 Å². The number of nitrogens with zero attached hydrogens (tertiary/aromatic N) is 1. The monoisotopic (exact) mass is 859 g/mol. The van der Waals surface area contributed by atoms with Crippen LogP contribution in [-0.4, -0.2) is 0 Å². The minimum absolute atomic E-state index is 0.520. The molecule has 0 fully saturated rings. The zero-order valence-electron chi connectivity index (χ0n) is 35.5. The Morgan fingerprint density at radius 2 is 0.879 bits per heavy atom. The summed E-state index contributed by atoms with van der Waals surface area (Å²) in [7, 11) is 0. The molecular weight excluding hydrogens is 823 g/mol. The second kappa shape index (κ2) is 13.3. The van der Waals surface area contributed by atoms with Crippen LogP contribution in [0.15, 0.2) is 239 Å². The fourth-order valence-corrected chi connectivity index (χ4v) is 13.6. The summed E-state index contributed by atoms with van der Waals surface area (Å²) in [5.41, 5.74) is 18.9. The number of para-hydroxylation sites is 3. The van der Waals surface area contributed by atoms with Gasteiger partial charge in [0.25, 0.3) is 0 Å². The molecule has 0 amide bonds. The Hall–Kier alpha value is -8.05. The molecule has 4 aliphatic rings. The number of fused-ring (bicyclic) bond motifs is 21. The van der Waals surface area contributed by atoms with Gasteiger partial charge in [-0.2, -0.15) is 0 Å². The molecule has 308 valence electrons. The van der Waals surface area contributed by atoms with Gasteiger partial charge in [0, 0.05) is 37.6 Å². The van der Waals surface area contributed by atoms with Gasteiger partial charge in [0.15, 0.2) is 0 Å². The summed E-state index contributed by atoms with van der Waals surface area (Å²) >= 11 is 1.88. The van der Waals surface area contributed by atoms with E-state index in [-0.39, 0.29) is 0 Å². The number of hydrogen-bond acceptors (Lipinski definition) is 4. The normalized spacial score (nSPS) is 14.7. The Kier molecular flexibility index (Phi) is 7.29. The number of hydrogen-bond donors (Lipinski definition) is 0. The van der Waals surface area contributed by atoms with Crippen molar-refractivity contribution in [2.24, 2.45) is 0 Å². The molecule has 0 N–H and O–H groups in total. The van der Waals surface area contributed by atoms with Crippen LogP contribution < -0.4 is 9.64 Å². The third-order valence-electron chi connectivity index (χ3n) is 14.8. The number of furan rings is 1. The van der Waals surface area contributed by atoms with Crippen molar-refractivity contribution in [3.8, 4) is 33.8 Å².